The number of guanidine groups is 1. The molecular weight excluding hydrogens is 366 g/mol. The number of aliphatic imine (C=N–C) groups is 1. The van der Waals surface area contributed by atoms with Crippen molar-refractivity contribution in [2.45, 2.75) is 37.5 Å². The molecule has 1 heterocycles. The number of nitrogens with one attached hydrogen (secondary N) is 2. The number of benzene rings is 1. The summed E-state index contributed by atoms with van der Waals surface area (Å²) < 4.78 is 28.2. The summed E-state index contributed by atoms with van der Waals surface area (Å²) in [5.41, 5.74) is 1.05. The molecule has 0 bridgehead atoms. The highest BCUT2D eigenvalue weighted by Gasteiger charge is 2.09. The van der Waals surface area contributed by atoms with Gasteiger partial charge in [-0.15, -0.1) is 0 Å². The maximum atomic E-state index is 11.5. The molecule has 2 N–H and O–H groups in total. The molecule has 0 atom stereocenters. The van der Waals surface area contributed by atoms with Gasteiger partial charge in [-0.25, -0.2) is 8.42 Å². The van der Waals surface area contributed by atoms with Crippen molar-refractivity contribution in [2.24, 2.45) is 4.99 Å². The average molecular weight is 394 g/mol. The van der Waals surface area contributed by atoms with Crippen LogP contribution in [0, 0.1) is 0 Å². The summed E-state index contributed by atoms with van der Waals surface area (Å²) in [6.07, 6.45) is 2.58. The van der Waals surface area contributed by atoms with Crippen LogP contribution >= 0.6 is 0 Å². The second-order valence-corrected chi connectivity index (χ2v) is 8.56. The molecule has 0 amide bonds. The Hall–Kier alpha value is -2.42. The van der Waals surface area contributed by atoms with E-state index in [-0.39, 0.29) is 5.92 Å². The molecular formula is C18H27N5O3S. The van der Waals surface area contributed by atoms with Crippen LogP contribution in [0.1, 0.15) is 37.0 Å². The Morgan fingerprint density at radius 1 is 1.15 bits per heavy atom. The van der Waals surface area contributed by atoms with E-state index < -0.39 is 9.84 Å². The van der Waals surface area contributed by atoms with E-state index in [4.69, 9.17) is 4.52 Å². The lowest BCUT2D eigenvalue weighted by molar-refractivity contribution is 0.371. The fourth-order valence-corrected chi connectivity index (χ4v) is 2.97. The summed E-state index contributed by atoms with van der Waals surface area (Å²) in [5.74, 6) is 2.25. The van der Waals surface area contributed by atoms with Gasteiger partial charge in [0.1, 0.15) is 0 Å². The molecule has 9 heteroatoms. The van der Waals surface area contributed by atoms with Gasteiger partial charge in [0.05, 0.1) is 4.90 Å². The summed E-state index contributed by atoms with van der Waals surface area (Å²) in [4.78, 5) is 8.85. The first-order chi connectivity index (χ1) is 12.8. The van der Waals surface area contributed by atoms with Gasteiger partial charge in [-0.1, -0.05) is 31.1 Å². The lowest BCUT2D eigenvalue weighted by Crippen LogP contribution is -2.39. The molecule has 0 unspecified atom stereocenters. The van der Waals surface area contributed by atoms with Crippen molar-refractivity contribution in [3.8, 4) is 0 Å². The Morgan fingerprint density at radius 2 is 1.78 bits per heavy atom. The lowest BCUT2D eigenvalue weighted by atomic mass is 10.1. The van der Waals surface area contributed by atoms with Crippen molar-refractivity contribution in [3.63, 3.8) is 0 Å². The first kappa shape index (κ1) is 20.9. The van der Waals surface area contributed by atoms with Gasteiger partial charge in [0.25, 0.3) is 0 Å². The molecule has 0 aliphatic heterocycles. The lowest BCUT2D eigenvalue weighted by Gasteiger charge is -2.11. The summed E-state index contributed by atoms with van der Waals surface area (Å²) in [6, 6.07) is 6.92. The van der Waals surface area contributed by atoms with Crippen LogP contribution in [0.2, 0.25) is 0 Å². The molecule has 0 radical (unpaired) electrons. The van der Waals surface area contributed by atoms with Crippen LogP contribution in [0.25, 0.3) is 0 Å². The Bertz CT molecular complexity index is 857. The minimum Gasteiger partial charge on any atom is -0.356 e. The van der Waals surface area contributed by atoms with Gasteiger partial charge in [-0.2, -0.15) is 4.98 Å². The third-order valence-corrected chi connectivity index (χ3v) is 5.04. The quantitative estimate of drug-likeness (QED) is 0.517. The van der Waals surface area contributed by atoms with Crippen LogP contribution in [0.4, 0.5) is 0 Å². The van der Waals surface area contributed by atoms with Crippen molar-refractivity contribution in [1.82, 2.24) is 20.8 Å². The van der Waals surface area contributed by atoms with Crippen LogP contribution < -0.4 is 10.6 Å². The molecule has 1 aromatic heterocycles. The van der Waals surface area contributed by atoms with E-state index in [0.717, 1.165) is 17.8 Å². The van der Waals surface area contributed by atoms with Crippen LogP contribution in [-0.2, 0) is 22.7 Å². The van der Waals surface area contributed by atoms with Crippen LogP contribution in [-0.4, -0.2) is 50.9 Å². The molecule has 2 rings (SSSR count). The van der Waals surface area contributed by atoms with Gasteiger partial charge in [0.15, 0.2) is 21.6 Å². The van der Waals surface area contributed by atoms with Gasteiger partial charge >= 0.3 is 0 Å². The van der Waals surface area contributed by atoms with Crippen molar-refractivity contribution in [3.05, 3.63) is 41.5 Å². The van der Waals surface area contributed by atoms with Crippen molar-refractivity contribution >= 4 is 15.8 Å². The zero-order valence-corrected chi connectivity index (χ0v) is 17.0. The topological polar surface area (TPSA) is 109 Å². The molecule has 0 saturated carbocycles. The fraction of sp³-hybridized carbons (Fsp3) is 0.500. The van der Waals surface area contributed by atoms with Crippen LogP contribution in [0.5, 0.6) is 0 Å². The predicted molar refractivity (Wildman–Crippen MR) is 105 cm³/mol. The van der Waals surface area contributed by atoms with E-state index in [9.17, 15) is 8.42 Å². The number of nitrogens with zero attached hydrogens (tertiary/aromatic N) is 3. The number of hydrogen-bond acceptors (Lipinski definition) is 6. The zero-order chi connectivity index (χ0) is 19.9. The van der Waals surface area contributed by atoms with Crippen LogP contribution in [0.3, 0.4) is 0 Å². The summed E-state index contributed by atoms with van der Waals surface area (Å²) in [7, 11) is -1.45. The first-order valence-corrected chi connectivity index (χ1v) is 10.7. The molecule has 0 aliphatic carbocycles. The van der Waals surface area contributed by atoms with Gasteiger partial charge in [-0.3, -0.25) is 4.99 Å². The Balaban J connectivity index is 1.73. The van der Waals surface area contributed by atoms with Crippen molar-refractivity contribution in [1.29, 1.82) is 0 Å². The highest BCUT2D eigenvalue weighted by molar-refractivity contribution is 7.90. The highest BCUT2D eigenvalue weighted by atomic mass is 32.2. The SMILES string of the molecule is CN=C(NCCc1ccc(S(C)(=O)=O)cc1)NCCc1nc(C(C)C)no1. The third-order valence-electron chi connectivity index (χ3n) is 3.91. The predicted octanol–water partition coefficient (Wildman–Crippen LogP) is 1.55. The van der Waals surface area contributed by atoms with Crippen molar-refractivity contribution < 1.29 is 12.9 Å². The largest absolute Gasteiger partial charge is 0.356 e. The zero-order valence-electron chi connectivity index (χ0n) is 16.2. The maximum Gasteiger partial charge on any atom is 0.228 e. The maximum absolute atomic E-state index is 11.5. The molecule has 0 aliphatic rings. The number of sulfone groups is 1. The smallest absolute Gasteiger partial charge is 0.228 e. The molecule has 0 fully saturated rings. The Morgan fingerprint density at radius 3 is 2.30 bits per heavy atom. The minimum absolute atomic E-state index is 0.247. The summed E-state index contributed by atoms with van der Waals surface area (Å²) >= 11 is 0. The number of rotatable bonds is 8. The van der Waals surface area contributed by atoms with E-state index in [1.807, 2.05) is 26.0 Å². The highest BCUT2D eigenvalue weighted by Crippen LogP contribution is 2.11. The Labute approximate surface area is 160 Å². The molecule has 148 valence electrons. The standard InChI is InChI=1S/C18H27N5O3S/c1-13(2)17-22-16(26-23-17)10-12-21-18(19-3)20-11-9-14-5-7-15(8-6-14)27(4,24)25/h5-8,13H,9-12H2,1-4H3,(H2,19,20,21). The molecule has 0 spiro atoms. The molecule has 1 aromatic carbocycles. The van der Waals surface area contributed by atoms with Gasteiger partial charge in [0, 0.05) is 38.7 Å². The third kappa shape index (κ3) is 6.67. The molecule has 0 saturated heterocycles. The molecule has 27 heavy (non-hydrogen) atoms. The van der Waals surface area contributed by atoms with E-state index in [1.54, 1.807) is 19.2 Å². The van der Waals surface area contributed by atoms with E-state index in [1.165, 1.54) is 6.26 Å². The van der Waals surface area contributed by atoms with Gasteiger partial charge in [0.2, 0.25) is 5.89 Å². The average Bonchev–Trinajstić information content (AvgIpc) is 3.09. The second-order valence-electron chi connectivity index (χ2n) is 6.54. The molecule has 2 aromatic rings. The summed E-state index contributed by atoms with van der Waals surface area (Å²) in [6.45, 7) is 5.35. The normalized spacial score (nSPS) is 12.4. The second kappa shape index (κ2) is 9.50. The monoisotopic (exact) mass is 393 g/mol. The van der Waals surface area contributed by atoms with Crippen LogP contribution in [0.15, 0.2) is 38.7 Å². The summed E-state index contributed by atoms with van der Waals surface area (Å²) in [5, 5.41) is 10.4. The minimum atomic E-state index is -3.16. The number of aromatic nitrogens is 2. The van der Waals surface area contributed by atoms with Gasteiger partial charge < -0.3 is 15.2 Å². The fourth-order valence-electron chi connectivity index (χ4n) is 2.34. The first-order valence-electron chi connectivity index (χ1n) is 8.85. The number of hydrogen-bond donors (Lipinski definition) is 2. The molecule has 8 nitrogen and oxygen atoms in total. The van der Waals surface area contributed by atoms with E-state index in [0.29, 0.717) is 36.3 Å². The van der Waals surface area contributed by atoms with Crippen molar-refractivity contribution in [2.75, 3.05) is 26.4 Å². The van der Waals surface area contributed by atoms with E-state index >= 15 is 0 Å². The van der Waals surface area contributed by atoms with Gasteiger partial charge in [-0.05, 0) is 24.1 Å². The Kier molecular flexibility index (Phi) is 7.35. The van der Waals surface area contributed by atoms with E-state index in [2.05, 4.69) is 25.8 Å².